The molecule has 3 rings (SSSR count). The van der Waals surface area contributed by atoms with Gasteiger partial charge in [0.1, 0.15) is 0 Å². The molecule has 2 saturated heterocycles. The van der Waals surface area contributed by atoms with Gasteiger partial charge in [-0.25, -0.2) is 0 Å². The van der Waals surface area contributed by atoms with Crippen molar-refractivity contribution in [3.05, 3.63) is 29.8 Å². The normalized spacial score (nSPS) is 24.4. The zero-order chi connectivity index (χ0) is 13.9. The Balaban J connectivity index is 1.70. The Morgan fingerprint density at radius 2 is 2.10 bits per heavy atom. The van der Waals surface area contributed by atoms with Crippen molar-refractivity contribution in [3.63, 3.8) is 0 Å². The SMILES string of the molecule is O=C1CC(Cl)CN1c1cccc(CN2CCOCC2)c1. The summed E-state index contributed by atoms with van der Waals surface area (Å²) in [5.74, 6) is 0.119. The van der Waals surface area contributed by atoms with Gasteiger partial charge in [0.2, 0.25) is 5.91 Å². The first-order chi connectivity index (χ1) is 9.72. The van der Waals surface area contributed by atoms with Gasteiger partial charge < -0.3 is 9.64 Å². The maximum absolute atomic E-state index is 11.9. The molecule has 2 aliphatic rings. The van der Waals surface area contributed by atoms with Crippen LogP contribution >= 0.6 is 11.6 Å². The summed E-state index contributed by atoms with van der Waals surface area (Å²) in [5, 5.41) is -0.0644. The van der Waals surface area contributed by atoms with Crippen LogP contribution in [0.25, 0.3) is 0 Å². The first-order valence-electron chi connectivity index (χ1n) is 7.06. The number of alkyl halides is 1. The maximum Gasteiger partial charge on any atom is 0.228 e. The summed E-state index contributed by atoms with van der Waals surface area (Å²) in [4.78, 5) is 16.1. The van der Waals surface area contributed by atoms with Crippen molar-refractivity contribution in [1.82, 2.24) is 4.90 Å². The molecule has 0 aromatic heterocycles. The van der Waals surface area contributed by atoms with E-state index in [0.29, 0.717) is 13.0 Å². The van der Waals surface area contributed by atoms with E-state index in [1.807, 2.05) is 12.1 Å². The first kappa shape index (κ1) is 13.9. The first-order valence-corrected chi connectivity index (χ1v) is 7.49. The van der Waals surface area contributed by atoms with Gasteiger partial charge in [0.25, 0.3) is 0 Å². The van der Waals surface area contributed by atoms with Crippen LogP contribution in [0.2, 0.25) is 0 Å². The molecule has 0 radical (unpaired) electrons. The Kier molecular flexibility index (Phi) is 4.24. The molecule has 1 amide bonds. The second-order valence-electron chi connectivity index (χ2n) is 5.36. The van der Waals surface area contributed by atoms with Gasteiger partial charge in [-0.2, -0.15) is 0 Å². The number of rotatable bonds is 3. The second kappa shape index (κ2) is 6.12. The Labute approximate surface area is 124 Å². The van der Waals surface area contributed by atoms with Crippen LogP contribution in [0, 0.1) is 0 Å². The molecule has 0 bridgehead atoms. The van der Waals surface area contributed by atoms with Crippen LogP contribution in [0.5, 0.6) is 0 Å². The molecule has 0 saturated carbocycles. The number of amides is 1. The monoisotopic (exact) mass is 294 g/mol. The minimum atomic E-state index is -0.0644. The fourth-order valence-corrected chi connectivity index (χ4v) is 3.02. The highest BCUT2D eigenvalue weighted by molar-refractivity contribution is 6.24. The molecule has 1 aromatic rings. The molecule has 2 heterocycles. The van der Waals surface area contributed by atoms with Gasteiger partial charge >= 0.3 is 0 Å². The zero-order valence-corrected chi connectivity index (χ0v) is 12.2. The molecule has 5 heteroatoms. The predicted octanol–water partition coefficient (Wildman–Crippen LogP) is 1.86. The van der Waals surface area contributed by atoms with Gasteiger partial charge in [-0.3, -0.25) is 9.69 Å². The van der Waals surface area contributed by atoms with Gasteiger partial charge in [0, 0.05) is 38.3 Å². The standard InChI is InChI=1S/C15H19ClN2O2/c16-13-9-15(19)18(11-13)14-3-1-2-12(8-14)10-17-4-6-20-7-5-17/h1-3,8,13H,4-7,9-11H2. The smallest absolute Gasteiger partial charge is 0.228 e. The molecule has 4 nitrogen and oxygen atoms in total. The van der Waals surface area contributed by atoms with Crippen molar-refractivity contribution in [1.29, 1.82) is 0 Å². The highest BCUT2D eigenvalue weighted by Crippen LogP contribution is 2.25. The van der Waals surface area contributed by atoms with Crippen LogP contribution < -0.4 is 4.90 Å². The summed E-state index contributed by atoms with van der Waals surface area (Å²) in [6.07, 6.45) is 0.440. The molecule has 108 valence electrons. The number of halogens is 1. The fraction of sp³-hybridized carbons (Fsp3) is 0.533. The summed E-state index contributed by atoms with van der Waals surface area (Å²) < 4.78 is 5.36. The van der Waals surface area contributed by atoms with E-state index in [9.17, 15) is 4.79 Å². The summed E-state index contributed by atoms with van der Waals surface area (Å²) >= 11 is 6.06. The number of carbonyl (C=O) groups is 1. The maximum atomic E-state index is 11.9. The number of nitrogens with zero attached hydrogens (tertiary/aromatic N) is 2. The molecular formula is C15H19ClN2O2. The van der Waals surface area contributed by atoms with E-state index in [-0.39, 0.29) is 11.3 Å². The predicted molar refractivity (Wildman–Crippen MR) is 79.1 cm³/mol. The summed E-state index contributed by atoms with van der Waals surface area (Å²) in [6.45, 7) is 5.06. The van der Waals surface area contributed by atoms with Crippen molar-refractivity contribution in [2.75, 3.05) is 37.7 Å². The average molecular weight is 295 g/mol. The molecule has 20 heavy (non-hydrogen) atoms. The third-order valence-corrected chi connectivity index (χ3v) is 4.10. The van der Waals surface area contributed by atoms with Crippen LogP contribution in [-0.2, 0) is 16.1 Å². The van der Waals surface area contributed by atoms with E-state index in [2.05, 4.69) is 17.0 Å². The quantitative estimate of drug-likeness (QED) is 0.798. The van der Waals surface area contributed by atoms with Crippen molar-refractivity contribution in [2.24, 2.45) is 0 Å². The lowest BCUT2D eigenvalue weighted by Gasteiger charge is -2.27. The second-order valence-corrected chi connectivity index (χ2v) is 5.98. The van der Waals surface area contributed by atoms with Crippen molar-refractivity contribution in [2.45, 2.75) is 18.3 Å². The van der Waals surface area contributed by atoms with E-state index >= 15 is 0 Å². The van der Waals surface area contributed by atoms with Crippen LogP contribution in [0.1, 0.15) is 12.0 Å². The van der Waals surface area contributed by atoms with Crippen molar-refractivity contribution in [3.8, 4) is 0 Å². The molecule has 2 fully saturated rings. The topological polar surface area (TPSA) is 32.8 Å². The molecule has 1 aromatic carbocycles. The lowest BCUT2D eigenvalue weighted by Crippen LogP contribution is -2.35. The molecule has 0 spiro atoms. The van der Waals surface area contributed by atoms with E-state index in [0.717, 1.165) is 38.5 Å². The third kappa shape index (κ3) is 3.14. The van der Waals surface area contributed by atoms with Crippen LogP contribution in [0.15, 0.2) is 24.3 Å². The summed E-state index contributed by atoms with van der Waals surface area (Å²) in [7, 11) is 0. The largest absolute Gasteiger partial charge is 0.379 e. The number of benzene rings is 1. The number of hydrogen-bond acceptors (Lipinski definition) is 3. The number of anilines is 1. The summed E-state index contributed by atoms with van der Waals surface area (Å²) in [5.41, 5.74) is 2.19. The summed E-state index contributed by atoms with van der Waals surface area (Å²) in [6, 6.07) is 8.20. The lowest BCUT2D eigenvalue weighted by molar-refractivity contribution is -0.117. The molecule has 0 N–H and O–H groups in total. The fourth-order valence-electron chi connectivity index (χ4n) is 2.75. The number of hydrogen-bond donors (Lipinski definition) is 0. The van der Waals surface area contributed by atoms with Crippen molar-refractivity contribution < 1.29 is 9.53 Å². The van der Waals surface area contributed by atoms with Crippen molar-refractivity contribution >= 4 is 23.2 Å². The Morgan fingerprint density at radius 1 is 1.30 bits per heavy atom. The molecule has 1 unspecified atom stereocenters. The Hall–Kier alpha value is -1.10. The molecule has 1 atom stereocenters. The van der Waals surface area contributed by atoms with Gasteiger partial charge in [-0.05, 0) is 17.7 Å². The third-order valence-electron chi connectivity index (χ3n) is 3.81. The highest BCUT2D eigenvalue weighted by Gasteiger charge is 2.29. The van der Waals surface area contributed by atoms with E-state index < -0.39 is 0 Å². The lowest BCUT2D eigenvalue weighted by atomic mass is 10.1. The number of morpholine rings is 1. The number of ether oxygens (including phenoxy) is 1. The van der Waals surface area contributed by atoms with Gasteiger partial charge in [0.15, 0.2) is 0 Å². The minimum Gasteiger partial charge on any atom is -0.379 e. The van der Waals surface area contributed by atoms with Crippen LogP contribution in [0.4, 0.5) is 5.69 Å². The van der Waals surface area contributed by atoms with E-state index in [4.69, 9.17) is 16.3 Å². The van der Waals surface area contributed by atoms with Gasteiger partial charge in [0.05, 0.1) is 18.6 Å². The molecule has 2 aliphatic heterocycles. The Morgan fingerprint density at radius 3 is 2.80 bits per heavy atom. The van der Waals surface area contributed by atoms with Crippen LogP contribution in [0.3, 0.4) is 0 Å². The zero-order valence-electron chi connectivity index (χ0n) is 11.4. The van der Waals surface area contributed by atoms with Gasteiger partial charge in [-0.1, -0.05) is 12.1 Å². The highest BCUT2D eigenvalue weighted by atomic mass is 35.5. The minimum absolute atomic E-state index is 0.0644. The Bertz CT molecular complexity index is 489. The van der Waals surface area contributed by atoms with E-state index in [1.54, 1.807) is 4.90 Å². The average Bonchev–Trinajstić information content (AvgIpc) is 2.79. The van der Waals surface area contributed by atoms with Gasteiger partial charge in [-0.15, -0.1) is 11.6 Å². The molecule has 0 aliphatic carbocycles. The molecular weight excluding hydrogens is 276 g/mol. The van der Waals surface area contributed by atoms with E-state index in [1.165, 1.54) is 5.56 Å². The van der Waals surface area contributed by atoms with Crippen LogP contribution in [-0.4, -0.2) is 49.0 Å². The number of carbonyl (C=O) groups excluding carboxylic acids is 1.